The van der Waals surface area contributed by atoms with Crippen molar-refractivity contribution in [2.45, 2.75) is 32.1 Å². The fraction of sp³-hybridized carbons (Fsp3) is 0.455. The molecule has 0 saturated carbocycles. The summed E-state index contributed by atoms with van der Waals surface area (Å²) in [4.78, 5) is 0. The van der Waals surface area contributed by atoms with Crippen LogP contribution in [0.1, 0.15) is 24.5 Å². The Kier molecular flexibility index (Phi) is 3.61. The Morgan fingerprint density at radius 2 is 2.17 bits per heavy atom. The van der Waals surface area contributed by atoms with Gasteiger partial charge in [-0.1, -0.05) is 29.8 Å². The van der Waals surface area contributed by atoms with Crippen molar-refractivity contribution >= 4 is 11.6 Å². The standard InChI is InChI=1S/C11H15Cl/c1-9-4-3-5-11(8-9)7-6-10(2)12/h3-5,8,10H,6-7H2,1-2H3. The van der Waals surface area contributed by atoms with E-state index in [0.717, 1.165) is 12.8 Å². The highest BCUT2D eigenvalue weighted by Gasteiger charge is 1.97. The van der Waals surface area contributed by atoms with Crippen molar-refractivity contribution in [2.75, 3.05) is 0 Å². The molecule has 0 aliphatic carbocycles. The molecule has 0 amide bonds. The molecule has 0 aliphatic rings. The van der Waals surface area contributed by atoms with E-state index in [0.29, 0.717) is 0 Å². The zero-order valence-corrected chi connectivity index (χ0v) is 8.43. The molecule has 1 heteroatoms. The molecule has 0 N–H and O–H groups in total. The van der Waals surface area contributed by atoms with Crippen LogP contribution in [0.5, 0.6) is 0 Å². The first-order valence-electron chi connectivity index (χ1n) is 4.38. The maximum Gasteiger partial charge on any atom is 0.0311 e. The van der Waals surface area contributed by atoms with E-state index in [9.17, 15) is 0 Å². The minimum Gasteiger partial charge on any atom is -0.123 e. The third-order valence-corrected chi connectivity index (χ3v) is 2.13. The van der Waals surface area contributed by atoms with Gasteiger partial charge in [0.2, 0.25) is 0 Å². The molecule has 1 aromatic rings. The molecular weight excluding hydrogens is 168 g/mol. The van der Waals surface area contributed by atoms with Crippen molar-refractivity contribution in [3.8, 4) is 0 Å². The molecule has 66 valence electrons. The van der Waals surface area contributed by atoms with Crippen LogP contribution in [0.3, 0.4) is 0 Å². The smallest absolute Gasteiger partial charge is 0.0311 e. The zero-order chi connectivity index (χ0) is 8.97. The Labute approximate surface area is 79.6 Å². The topological polar surface area (TPSA) is 0 Å². The van der Waals surface area contributed by atoms with Gasteiger partial charge in [0.15, 0.2) is 0 Å². The summed E-state index contributed by atoms with van der Waals surface area (Å²) in [5.41, 5.74) is 2.72. The summed E-state index contributed by atoms with van der Waals surface area (Å²) in [5.74, 6) is 0. The Morgan fingerprint density at radius 3 is 2.75 bits per heavy atom. The summed E-state index contributed by atoms with van der Waals surface area (Å²) >= 11 is 5.87. The van der Waals surface area contributed by atoms with Crippen LogP contribution in [0.15, 0.2) is 24.3 Å². The number of alkyl halides is 1. The van der Waals surface area contributed by atoms with Gasteiger partial charge in [0.05, 0.1) is 0 Å². The lowest BCUT2D eigenvalue weighted by Gasteiger charge is -2.03. The second kappa shape index (κ2) is 4.51. The van der Waals surface area contributed by atoms with Gasteiger partial charge in [-0.15, -0.1) is 11.6 Å². The largest absolute Gasteiger partial charge is 0.123 e. The lowest BCUT2D eigenvalue weighted by atomic mass is 10.1. The number of benzene rings is 1. The summed E-state index contributed by atoms with van der Waals surface area (Å²) in [6, 6.07) is 8.60. The van der Waals surface area contributed by atoms with Crippen LogP contribution >= 0.6 is 11.6 Å². The maximum atomic E-state index is 5.87. The van der Waals surface area contributed by atoms with Crippen LogP contribution in [0, 0.1) is 6.92 Å². The van der Waals surface area contributed by atoms with E-state index in [-0.39, 0.29) is 5.38 Å². The molecule has 0 nitrogen and oxygen atoms in total. The van der Waals surface area contributed by atoms with E-state index in [1.165, 1.54) is 11.1 Å². The van der Waals surface area contributed by atoms with Crippen molar-refractivity contribution in [1.29, 1.82) is 0 Å². The number of aryl methyl sites for hydroxylation is 2. The minimum absolute atomic E-state index is 0.283. The van der Waals surface area contributed by atoms with E-state index in [2.05, 4.69) is 31.2 Å². The highest BCUT2D eigenvalue weighted by atomic mass is 35.5. The lowest BCUT2D eigenvalue weighted by molar-refractivity contribution is 0.802. The van der Waals surface area contributed by atoms with Crippen molar-refractivity contribution in [1.82, 2.24) is 0 Å². The molecule has 1 unspecified atom stereocenters. The Morgan fingerprint density at radius 1 is 1.42 bits per heavy atom. The first-order valence-corrected chi connectivity index (χ1v) is 4.82. The first-order chi connectivity index (χ1) is 5.68. The van der Waals surface area contributed by atoms with Crippen LogP contribution in [-0.4, -0.2) is 5.38 Å². The fourth-order valence-electron chi connectivity index (χ4n) is 1.23. The van der Waals surface area contributed by atoms with Crippen LogP contribution in [0.25, 0.3) is 0 Å². The van der Waals surface area contributed by atoms with Gasteiger partial charge in [-0.2, -0.15) is 0 Å². The normalized spacial score (nSPS) is 12.9. The average Bonchev–Trinajstić information content (AvgIpc) is 2.01. The van der Waals surface area contributed by atoms with Gasteiger partial charge in [0.1, 0.15) is 0 Å². The van der Waals surface area contributed by atoms with E-state index in [1.807, 2.05) is 6.92 Å². The molecule has 0 spiro atoms. The molecule has 0 saturated heterocycles. The second-order valence-corrected chi connectivity index (χ2v) is 4.05. The van der Waals surface area contributed by atoms with Crippen molar-refractivity contribution < 1.29 is 0 Å². The van der Waals surface area contributed by atoms with Crippen LogP contribution < -0.4 is 0 Å². The van der Waals surface area contributed by atoms with Gasteiger partial charge < -0.3 is 0 Å². The first kappa shape index (κ1) is 9.60. The third kappa shape index (κ3) is 3.27. The fourth-order valence-corrected chi connectivity index (χ4v) is 1.34. The number of hydrogen-bond donors (Lipinski definition) is 0. The highest BCUT2D eigenvalue weighted by Crippen LogP contribution is 2.10. The van der Waals surface area contributed by atoms with Gasteiger partial charge in [0, 0.05) is 5.38 Å². The van der Waals surface area contributed by atoms with Gasteiger partial charge >= 0.3 is 0 Å². The molecule has 0 aliphatic heterocycles. The molecule has 1 aromatic carbocycles. The monoisotopic (exact) mass is 182 g/mol. The molecule has 0 radical (unpaired) electrons. The van der Waals surface area contributed by atoms with Gasteiger partial charge in [-0.25, -0.2) is 0 Å². The summed E-state index contributed by atoms with van der Waals surface area (Å²) in [7, 11) is 0. The Hall–Kier alpha value is -0.490. The maximum absolute atomic E-state index is 5.87. The van der Waals surface area contributed by atoms with Gasteiger partial charge in [0.25, 0.3) is 0 Å². The lowest BCUT2D eigenvalue weighted by Crippen LogP contribution is -1.94. The van der Waals surface area contributed by atoms with E-state index >= 15 is 0 Å². The quantitative estimate of drug-likeness (QED) is 0.628. The summed E-state index contributed by atoms with van der Waals surface area (Å²) in [6.07, 6.45) is 2.15. The summed E-state index contributed by atoms with van der Waals surface area (Å²) < 4.78 is 0. The van der Waals surface area contributed by atoms with Crippen molar-refractivity contribution in [3.05, 3.63) is 35.4 Å². The van der Waals surface area contributed by atoms with Crippen LogP contribution in [0.2, 0.25) is 0 Å². The molecule has 12 heavy (non-hydrogen) atoms. The molecule has 0 fully saturated rings. The molecule has 0 bridgehead atoms. The average molecular weight is 183 g/mol. The molecule has 1 atom stereocenters. The van der Waals surface area contributed by atoms with Crippen molar-refractivity contribution in [3.63, 3.8) is 0 Å². The van der Waals surface area contributed by atoms with Crippen LogP contribution in [-0.2, 0) is 6.42 Å². The molecule has 0 aromatic heterocycles. The van der Waals surface area contributed by atoms with E-state index in [1.54, 1.807) is 0 Å². The van der Waals surface area contributed by atoms with Crippen molar-refractivity contribution in [2.24, 2.45) is 0 Å². The summed E-state index contributed by atoms with van der Waals surface area (Å²) in [6.45, 7) is 4.16. The summed E-state index contributed by atoms with van der Waals surface area (Å²) in [5, 5.41) is 0.283. The number of halogens is 1. The molecule has 0 heterocycles. The third-order valence-electron chi connectivity index (χ3n) is 1.91. The van der Waals surface area contributed by atoms with E-state index in [4.69, 9.17) is 11.6 Å². The Bertz CT molecular complexity index is 241. The number of hydrogen-bond acceptors (Lipinski definition) is 0. The molecule has 1 rings (SSSR count). The molecular formula is C11H15Cl. The SMILES string of the molecule is Cc1cccc(CCC(C)Cl)c1. The van der Waals surface area contributed by atoms with E-state index < -0.39 is 0 Å². The number of rotatable bonds is 3. The second-order valence-electron chi connectivity index (χ2n) is 3.31. The highest BCUT2D eigenvalue weighted by molar-refractivity contribution is 6.20. The van der Waals surface area contributed by atoms with Gasteiger partial charge in [-0.3, -0.25) is 0 Å². The minimum atomic E-state index is 0.283. The zero-order valence-electron chi connectivity index (χ0n) is 7.68. The predicted octanol–water partition coefficient (Wildman–Crippen LogP) is 3.55. The Balaban J connectivity index is 2.52. The predicted molar refractivity (Wildman–Crippen MR) is 54.8 cm³/mol. The van der Waals surface area contributed by atoms with Gasteiger partial charge in [-0.05, 0) is 32.3 Å². The van der Waals surface area contributed by atoms with Crippen LogP contribution in [0.4, 0.5) is 0 Å².